The second-order valence-electron chi connectivity index (χ2n) is 5.58. The third-order valence-electron chi connectivity index (χ3n) is 3.85. The first kappa shape index (κ1) is 17.8. The Morgan fingerprint density at radius 3 is 2.81 bits per heavy atom. The molecular formula is C20H17ClN2O3. The summed E-state index contributed by atoms with van der Waals surface area (Å²) in [4.78, 5) is 16.4. The first-order valence-corrected chi connectivity index (χ1v) is 8.34. The molecule has 5 nitrogen and oxygen atoms in total. The number of nitrogens with zero attached hydrogens (tertiary/aromatic N) is 1. The number of carbonyl (C=O) groups excluding carboxylic acids is 1. The number of benzene rings is 2. The summed E-state index contributed by atoms with van der Waals surface area (Å²) in [6.07, 6.45) is 3.08. The molecule has 0 spiro atoms. The van der Waals surface area contributed by atoms with Crippen LogP contribution in [0.3, 0.4) is 0 Å². The standard InChI is InChI=1S/C20H17ClN2O3/c1-2-17(23-18(24)12-26-13-7-4-3-5-8-13)15-11-16(21)14-9-6-10-22-19(14)20(15)25/h2-11,17,25H,1,12H2,(H,23,24). The zero-order chi connectivity index (χ0) is 18.5. The smallest absolute Gasteiger partial charge is 0.258 e. The fraction of sp³-hybridized carbons (Fsp3) is 0.100. The van der Waals surface area contributed by atoms with Crippen molar-refractivity contribution in [1.82, 2.24) is 10.3 Å². The minimum absolute atomic E-state index is 0.0424. The second-order valence-corrected chi connectivity index (χ2v) is 5.99. The molecule has 0 aliphatic carbocycles. The van der Waals surface area contributed by atoms with E-state index < -0.39 is 6.04 Å². The van der Waals surface area contributed by atoms with Gasteiger partial charge in [-0.2, -0.15) is 0 Å². The summed E-state index contributed by atoms with van der Waals surface area (Å²) < 4.78 is 5.43. The Kier molecular flexibility index (Phi) is 5.39. The minimum Gasteiger partial charge on any atom is -0.505 e. The third kappa shape index (κ3) is 3.78. The van der Waals surface area contributed by atoms with Gasteiger partial charge in [0, 0.05) is 17.1 Å². The van der Waals surface area contributed by atoms with Crippen molar-refractivity contribution >= 4 is 28.4 Å². The zero-order valence-corrected chi connectivity index (χ0v) is 14.6. The van der Waals surface area contributed by atoms with Crippen LogP contribution >= 0.6 is 11.6 Å². The molecule has 0 fully saturated rings. The summed E-state index contributed by atoms with van der Waals surface area (Å²) in [5.74, 6) is 0.202. The van der Waals surface area contributed by atoms with Gasteiger partial charge in [0.25, 0.3) is 5.91 Å². The number of fused-ring (bicyclic) bond motifs is 1. The second kappa shape index (κ2) is 7.89. The van der Waals surface area contributed by atoms with Crippen molar-refractivity contribution < 1.29 is 14.6 Å². The Balaban J connectivity index is 1.78. The number of ether oxygens (including phenoxy) is 1. The monoisotopic (exact) mass is 368 g/mol. The van der Waals surface area contributed by atoms with Crippen LogP contribution in [-0.4, -0.2) is 22.6 Å². The van der Waals surface area contributed by atoms with Gasteiger partial charge in [0.1, 0.15) is 17.0 Å². The van der Waals surface area contributed by atoms with E-state index >= 15 is 0 Å². The molecule has 0 bridgehead atoms. The molecule has 0 radical (unpaired) electrons. The number of para-hydroxylation sites is 1. The van der Waals surface area contributed by atoms with Crippen LogP contribution in [0.2, 0.25) is 5.02 Å². The molecule has 0 saturated heterocycles. The molecule has 1 amide bonds. The van der Waals surface area contributed by atoms with Gasteiger partial charge < -0.3 is 15.2 Å². The van der Waals surface area contributed by atoms with Gasteiger partial charge in [0.2, 0.25) is 0 Å². The summed E-state index contributed by atoms with van der Waals surface area (Å²) in [6, 6.07) is 13.5. The predicted molar refractivity (Wildman–Crippen MR) is 101 cm³/mol. The van der Waals surface area contributed by atoms with Crippen molar-refractivity contribution in [1.29, 1.82) is 0 Å². The molecule has 0 aliphatic rings. The molecule has 0 saturated carbocycles. The van der Waals surface area contributed by atoms with Gasteiger partial charge in [-0.05, 0) is 30.3 Å². The molecule has 2 N–H and O–H groups in total. The Morgan fingerprint density at radius 1 is 1.31 bits per heavy atom. The van der Waals surface area contributed by atoms with Gasteiger partial charge in [0.05, 0.1) is 11.1 Å². The van der Waals surface area contributed by atoms with Gasteiger partial charge in [-0.15, -0.1) is 6.58 Å². The average molecular weight is 369 g/mol. The van der Waals surface area contributed by atoms with Gasteiger partial charge >= 0.3 is 0 Å². The molecule has 0 aliphatic heterocycles. The summed E-state index contributed by atoms with van der Waals surface area (Å²) in [5.41, 5.74) is 0.792. The summed E-state index contributed by atoms with van der Waals surface area (Å²) in [7, 11) is 0. The van der Waals surface area contributed by atoms with Crippen LogP contribution < -0.4 is 10.1 Å². The van der Waals surface area contributed by atoms with E-state index in [1.54, 1.807) is 36.5 Å². The first-order chi connectivity index (χ1) is 12.6. The van der Waals surface area contributed by atoms with Gasteiger partial charge in [-0.3, -0.25) is 9.78 Å². The van der Waals surface area contributed by atoms with E-state index in [0.717, 1.165) is 0 Å². The number of amides is 1. The van der Waals surface area contributed by atoms with Crippen molar-refractivity contribution in [2.75, 3.05) is 6.61 Å². The van der Waals surface area contributed by atoms with E-state index in [4.69, 9.17) is 16.3 Å². The Morgan fingerprint density at radius 2 is 2.08 bits per heavy atom. The Hall–Kier alpha value is -3.05. The van der Waals surface area contributed by atoms with Crippen LogP contribution in [-0.2, 0) is 4.79 Å². The molecule has 1 atom stereocenters. The van der Waals surface area contributed by atoms with Gasteiger partial charge in [-0.1, -0.05) is 35.9 Å². The fourth-order valence-corrected chi connectivity index (χ4v) is 2.86. The maximum Gasteiger partial charge on any atom is 0.258 e. The summed E-state index contributed by atoms with van der Waals surface area (Å²) in [6.45, 7) is 3.57. The molecule has 3 rings (SSSR count). The van der Waals surface area contributed by atoms with E-state index in [0.29, 0.717) is 27.2 Å². The molecule has 1 aromatic heterocycles. The van der Waals surface area contributed by atoms with Crippen molar-refractivity contribution in [2.45, 2.75) is 6.04 Å². The molecule has 3 aromatic rings. The summed E-state index contributed by atoms with van der Waals surface area (Å²) in [5, 5.41) is 14.4. The number of rotatable bonds is 6. The molecule has 1 unspecified atom stereocenters. The lowest BCUT2D eigenvalue weighted by Gasteiger charge is -2.18. The summed E-state index contributed by atoms with van der Waals surface area (Å²) >= 11 is 6.29. The van der Waals surface area contributed by atoms with Crippen LogP contribution in [0.15, 0.2) is 67.4 Å². The topological polar surface area (TPSA) is 71.5 Å². The number of hydrogen-bond donors (Lipinski definition) is 2. The highest BCUT2D eigenvalue weighted by Gasteiger charge is 2.19. The first-order valence-electron chi connectivity index (χ1n) is 7.96. The number of phenols is 1. The lowest BCUT2D eigenvalue weighted by atomic mass is 10.0. The van der Waals surface area contributed by atoms with Crippen LogP contribution in [0.4, 0.5) is 0 Å². The maximum absolute atomic E-state index is 12.2. The number of phenolic OH excluding ortho intramolecular Hbond substituents is 1. The lowest BCUT2D eigenvalue weighted by Crippen LogP contribution is -2.31. The predicted octanol–water partition coefficient (Wildman–Crippen LogP) is 4.02. The van der Waals surface area contributed by atoms with Crippen LogP contribution in [0.25, 0.3) is 10.9 Å². The average Bonchev–Trinajstić information content (AvgIpc) is 2.68. The number of aromatic nitrogens is 1. The Labute approximate surface area is 155 Å². The van der Waals surface area contributed by atoms with Gasteiger partial charge in [-0.25, -0.2) is 0 Å². The normalized spacial score (nSPS) is 11.7. The number of pyridine rings is 1. The number of nitrogens with one attached hydrogen (secondary N) is 1. The largest absolute Gasteiger partial charge is 0.505 e. The van der Waals surface area contributed by atoms with E-state index in [9.17, 15) is 9.90 Å². The van der Waals surface area contributed by atoms with Crippen molar-refractivity contribution in [3.8, 4) is 11.5 Å². The number of carbonyl (C=O) groups is 1. The van der Waals surface area contributed by atoms with E-state index in [2.05, 4.69) is 16.9 Å². The van der Waals surface area contributed by atoms with Crippen LogP contribution in [0.5, 0.6) is 11.5 Å². The van der Waals surface area contributed by atoms with E-state index in [-0.39, 0.29) is 18.3 Å². The zero-order valence-electron chi connectivity index (χ0n) is 13.9. The SMILES string of the molecule is C=CC(NC(=O)COc1ccccc1)c1cc(Cl)c2cccnc2c1O. The van der Waals surface area contributed by atoms with Gasteiger partial charge in [0.15, 0.2) is 6.61 Å². The van der Waals surface area contributed by atoms with Crippen molar-refractivity contribution in [2.24, 2.45) is 0 Å². The lowest BCUT2D eigenvalue weighted by molar-refractivity contribution is -0.123. The highest BCUT2D eigenvalue weighted by molar-refractivity contribution is 6.35. The number of hydrogen-bond acceptors (Lipinski definition) is 4. The van der Waals surface area contributed by atoms with Crippen LogP contribution in [0, 0.1) is 0 Å². The third-order valence-corrected chi connectivity index (χ3v) is 4.16. The molecular weight excluding hydrogens is 352 g/mol. The van der Waals surface area contributed by atoms with Crippen molar-refractivity contribution in [3.05, 3.63) is 78.0 Å². The quantitative estimate of drug-likeness (QED) is 0.645. The molecule has 6 heteroatoms. The maximum atomic E-state index is 12.2. The molecule has 2 aromatic carbocycles. The number of halogens is 1. The minimum atomic E-state index is -0.634. The van der Waals surface area contributed by atoms with E-state index in [1.807, 2.05) is 18.2 Å². The molecule has 26 heavy (non-hydrogen) atoms. The highest BCUT2D eigenvalue weighted by Crippen LogP contribution is 2.36. The molecule has 1 heterocycles. The fourth-order valence-electron chi connectivity index (χ4n) is 2.59. The highest BCUT2D eigenvalue weighted by atomic mass is 35.5. The Bertz CT molecular complexity index is 944. The number of aromatic hydroxyl groups is 1. The molecule has 132 valence electrons. The van der Waals surface area contributed by atoms with E-state index in [1.165, 1.54) is 6.08 Å². The van der Waals surface area contributed by atoms with Crippen molar-refractivity contribution in [3.63, 3.8) is 0 Å². The van der Waals surface area contributed by atoms with Crippen LogP contribution in [0.1, 0.15) is 11.6 Å².